The SMILES string of the molecule is C#Cc1ccc([C@@H]2O[C@H](CO)[C@@H](OC)[C@H](O)[C@H]2O)cc1Cc1ccc(OCC)cc1. The van der Waals surface area contributed by atoms with Gasteiger partial charge in [-0.05, 0) is 48.2 Å². The van der Waals surface area contributed by atoms with Crippen molar-refractivity contribution in [3.05, 3.63) is 64.7 Å². The molecule has 3 N–H and O–H groups in total. The van der Waals surface area contributed by atoms with E-state index in [0.717, 1.165) is 22.4 Å². The Balaban J connectivity index is 1.87. The lowest BCUT2D eigenvalue weighted by atomic mass is 9.89. The fourth-order valence-corrected chi connectivity index (χ4v) is 3.82. The second kappa shape index (κ2) is 10.1. The standard InChI is InChI=1S/C24H28O6/c1-4-16-8-9-17(23-21(26)22(27)24(28-3)20(14-25)30-23)13-18(16)12-15-6-10-19(11-7-15)29-5-2/h1,6-11,13,20-27H,5,12,14H2,2-3H3/t20-,21-,22-,23+,24-/m1/s1. The van der Waals surface area contributed by atoms with Crippen molar-refractivity contribution < 1.29 is 29.5 Å². The largest absolute Gasteiger partial charge is 0.494 e. The van der Waals surface area contributed by atoms with Gasteiger partial charge in [-0.3, -0.25) is 0 Å². The minimum Gasteiger partial charge on any atom is -0.494 e. The van der Waals surface area contributed by atoms with Gasteiger partial charge in [-0.1, -0.05) is 30.2 Å². The first-order chi connectivity index (χ1) is 14.5. The summed E-state index contributed by atoms with van der Waals surface area (Å²) >= 11 is 0. The fourth-order valence-electron chi connectivity index (χ4n) is 3.82. The molecule has 3 rings (SSSR count). The molecule has 6 heteroatoms. The van der Waals surface area contributed by atoms with E-state index in [0.29, 0.717) is 18.6 Å². The van der Waals surface area contributed by atoms with E-state index in [1.807, 2.05) is 37.3 Å². The summed E-state index contributed by atoms with van der Waals surface area (Å²) in [5.74, 6) is 3.50. The molecule has 30 heavy (non-hydrogen) atoms. The molecule has 0 bridgehead atoms. The van der Waals surface area contributed by atoms with Crippen molar-refractivity contribution in [2.45, 2.75) is 43.9 Å². The molecule has 1 aliphatic heterocycles. The summed E-state index contributed by atoms with van der Waals surface area (Å²) in [5.41, 5.74) is 3.38. The molecule has 0 saturated carbocycles. The van der Waals surface area contributed by atoms with Crippen LogP contribution in [0.3, 0.4) is 0 Å². The molecule has 0 spiro atoms. The zero-order chi connectivity index (χ0) is 21.7. The van der Waals surface area contributed by atoms with Crippen molar-refractivity contribution in [2.24, 2.45) is 0 Å². The smallest absolute Gasteiger partial charge is 0.119 e. The predicted octanol–water partition coefficient (Wildman–Crippen LogP) is 1.83. The van der Waals surface area contributed by atoms with Crippen LogP contribution in [-0.2, 0) is 15.9 Å². The summed E-state index contributed by atoms with van der Waals surface area (Å²) < 4.78 is 16.6. The first-order valence-corrected chi connectivity index (χ1v) is 9.98. The highest BCUT2D eigenvalue weighted by Crippen LogP contribution is 2.34. The van der Waals surface area contributed by atoms with Crippen LogP contribution in [0.15, 0.2) is 42.5 Å². The number of aliphatic hydroxyl groups is 3. The Bertz CT molecular complexity index is 870. The van der Waals surface area contributed by atoms with Crippen LogP contribution < -0.4 is 4.74 Å². The van der Waals surface area contributed by atoms with E-state index in [1.54, 1.807) is 12.1 Å². The van der Waals surface area contributed by atoms with E-state index in [9.17, 15) is 15.3 Å². The zero-order valence-corrected chi connectivity index (χ0v) is 17.2. The quantitative estimate of drug-likeness (QED) is 0.602. The lowest BCUT2D eigenvalue weighted by Crippen LogP contribution is -2.56. The minimum atomic E-state index is -1.20. The number of aliphatic hydroxyl groups excluding tert-OH is 3. The number of hydrogen-bond donors (Lipinski definition) is 3. The Hall–Kier alpha value is -2.40. The molecule has 2 aromatic carbocycles. The van der Waals surface area contributed by atoms with Gasteiger partial charge in [0.1, 0.15) is 36.3 Å². The average molecular weight is 412 g/mol. The number of terminal acetylenes is 1. The summed E-state index contributed by atoms with van der Waals surface area (Å²) in [5, 5.41) is 30.7. The third-order valence-corrected chi connectivity index (χ3v) is 5.38. The van der Waals surface area contributed by atoms with Gasteiger partial charge in [-0.2, -0.15) is 0 Å². The number of methoxy groups -OCH3 is 1. The maximum atomic E-state index is 10.6. The molecular weight excluding hydrogens is 384 g/mol. The van der Waals surface area contributed by atoms with Crippen molar-refractivity contribution in [1.82, 2.24) is 0 Å². The number of benzene rings is 2. The maximum absolute atomic E-state index is 10.6. The van der Waals surface area contributed by atoms with E-state index in [2.05, 4.69) is 5.92 Å². The molecule has 1 saturated heterocycles. The summed E-state index contributed by atoms with van der Waals surface area (Å²) in [7, 11) is 1.41. The maximum Gasteiger partial charge on any atom is 0.119 e. The van der Waals surface area contributed by atoms with Crippen molar-refractivity contribution in [3.8, 4) is 18.1 Å². The molecule has 1 aliphatic rings. The molecule has 0 aliphatic carbocycles. The predicted molar refractivity (Wildman–Crippen MR) is 112 cm³/mol. The number of rotatable bonds is 7. The summed E-state index contributed by atoms with van der Waals surface area (Å²) in [6.07, 6.45) is 1.52. The van der Waals surface area contributed by atoms with Gasteiger partial charge in [0.25, 0.3) is 0 Å². The van der Waals surface area contributed by atoms with Gasteiger partial charge >= 0.3 is 0 Å². The second-order valence-corrected chi connectivity index (χ2v) is 7.27. The lowest BCUT2D eigenvalue weighted by molar-refractivity contribution is -0.238. The highest BCUT2D eigenvalue weighted by atomic mass is 16.6. The Morgan fingerprint density at radius 3 is 2.43 bits per heavy atom. The first-order valence-electron chi connectivity index (χ1n) is 9.98. The average Bonchev–Trinajstić information content (AvgIpc) is 2.77. The van der Waals surface area contributed by atoms with Gasteiger partial charge in [0.2, 0.25) is 0 Å². The zero-order valence-electron chi connectivity index (χ0n) is 17.2. The number of ether oxygens (including phenoxy) is 3. The van der Waals surface area contributed by atoms with Crippen LogP contribution in [0.2, 0.25) is 0 Å². The molecule has 0 amide bonds. The van der Waals surface area contributed by atoms with E-state index in [1.165, 1.54) is 7.11 Å². The normalized spacial score (nSPS) is 26.2. The number of hydrogen-bond acceptors (Lipinski definition) is 6. The third kappa shape index (κ3) is 4.67. The highest BCUT2D eigenvalue weighted by Gasteiger charge is 2.45. The highest BCUT2D eigenvalue weighted by molar-refractivity contribution is 5.46. The van der Waals surface area contributed by atoms with E-state index in [-0.39, 0.29) is 6.61 Å². The van der Waals surface area contributed by atoms with Crippen molar-refractivity contribution in [1.29, 1.82) is 0 Å². The van der Waals surface area contributed by atoms with Gasteiger partial charge in [0.15, 0.2) is 0 Å². The molecule has 1 heterocycles. The Morgan fingerprint density at radius 2 is 1.83 bits per heavy atom. The van der Waals surface area contributed by atoms with E-state index >= 15 is 0 Å². The van der Waals surface area contributed by atoms with Gasteiger partial charge in [-0.15, -0.1) is 6.42 Å². The topological polar surface area (TPSA) is 88.4 Å². The molecule has 160 valence electrons. The van der Waals surface area contributed by atoms with Crippen molar-refractivity contribution >= 4 is 0 Å². The summed E-state index contributed by atoms with van der Waals surface area (Å²) in [6, 6.07) is 13.3. The Labute approximate surface area is 177 Å². The van der Waals surface area contributed by atoms with Gasteiger partial charge in [0, 0.05) is 12.7 Å². The first kappa shape index (κ1) is 22.3. The summed E-state index contributed by atoms with van der Waals surface area (Å²) in [6.45, 7) is 2.21. The van der Waals surface area contributed by atoms with E-state index < -0.39 is 30.5 Å². The molecule has 1 fully saturated rings. The van der Waals surface area contributed by atoms with Crippen LogP contribution in [-0.4, -0.2) is 60.1 Å². The van der Waals surface area contributed by atoms with Crippen molar-refractivity contribution in [3.63, 3.8) is 0 Å². The van der Waals surface area contributed by atoms with Crippen molar-refractivity contribution in [2.75, 3.05) is 20.3 Å². The van der Waals surface area contributed by atoms with E-state index in [4.69, 9.17) is 20.6 Å². The monoisotopic (exact) mass is 412 g/mol. The van der Waals surface area contributed by atoms with Crippen LogP contribution in [0.4, 0.5) is 0 Å². The van der Waals surface area contributed by atoms with Gasteiger partial charge in [0.05, 0.1) is 13.2 Å². The Morgan fingerprint density at radius 1 is 1.10 bits per heavy atom. The molecule has 0 aromatic heterocycles. The Kier molecular flexibility index (Phi) is 7.48. The van der Waals surface area contributed by atoms with Crippen LogP contribution in [0.1, 0.15) is 35.3 Å². The third-order valence-electron chi connectivity index (χ3n) is 5.38. The van der Waals surface area contributed by atoms with Crippen LogP contribution in [0.25, 0.3) is 0 Å². The molecule has 6 nitrogen and oxygen atoms in total. The lowest BCUT2D eigenvalue weighted by Gasteiger charge is -2.41. The molecule has 0 radical (unpaired) electrons. The van der Waals surface area contributed by atoms with Crippen LogP contribution in [0.5, 0.6) is 5.75 Å². The summed E-state index contributed by atoms with van der Waals surface area (Å²) in [4.78, 5) is 0. The second-order valence-electron chi connectivity index (χ2n) is 7.27. The molecule has 2 aromatic rings. The van der Waals surface area contributed by atoms with Gasteiger partial charge in [-0.25, -0.2) is 0 Å². The van der Waals surface area contributed by atoms with Crippen LogP contribution in [0, 0.1) is 12.3 Å². The molecular formula is C24H28O6. The van der Waals surface area contributed by atoms with Crippen LogP contribution >= 0.6 is 0 Å². The molecule has 5 atom stereocenters. The minimum absolute atomic E-state index is 0.333. The fraction of sp³-hybridized carbons (Fsp3) is 0.417. The van der Waals surface area contributed by atoms with Gasteiger partial charge < -0.3 is 29.5 Å². The molecule has 0 unspecified atom stereocenters.